The Balaban J connectivity index is 2.02. The average molecular weight is 336 g/mol. The molecule has 0 saturated heterocycles. The molecule has 0 saturated carbocycles. The van der Waals surface area contributed by atoms with Crippen LogP contribution < -0.4 is 10.1 Å². The van der Waals surface area contributed by atoms with Gasteiger partial charge in [0.1, 0.15) is 5.75 Å². The van der Waals surface area contributed by atoms with Crippen LogP contribution in [0.3, 0.4) is 0 Å². The molecular weight excluding hydrogens is 321 g/mol. The summed E-state index contributed by atoms with van der Waals surface area (Å²) in [5.74, 6) is -0.828. The number of hydrogen-bond donors (Lipinski definition) is 1. The number of Topliss-reactive ketones (excluding diaryl/α,β-unsaturated/α-hetero) is 1. The molecule has 1 unspecified atom stereocenters. The fourth-order valence-corrected chi connectivity index (χ4v) is 2.04. The zero-order valence-electron chi connectivity index (χ0n) is 12.6. The van der Waals surface area contributed by atoms with E-state index in [2.05, 4.69) is 5.32 Å². The van der Waals surface area contributed by atoms with Gasteiger partial charge in [-0.05, 0) is 50.2 Å². The molecule has 0 radical (unpaired) electrons. The Labute approximate surface area is 138 Å². The van der Waals surface area contributed by atoms with Crippen molar-refractivity contribution in [2.24, 2.45) is 0 Å². The van der Waals surface area contributed by atoms with E-state index in [1.807, 2.05) is 0 Å². The third-order valence-electron chi connectivity index (χ3n) is 3.15. The first-order valence-corrected chi connectivity index (χ1v) is 7.29. The second-order valence-electron chi connectivity index (χ2n) is 4.93. The predicted octanol–water partition coefficient (Wildman–Crippen LogP) is 4.09. The van der Waals surface area contributed by atoms with Crippen molar-refractivity contribution in [3.63, 3.8) is 0 Å². The molecule has 0 aliphatic rings. The molecule has 0 aromatic heterocycles. The molecule has 6 heteroatoms. The van der Waals surface area contributed by atoms with Crippen LogP contribution in [0.25, 0.3) is 0 Å². The Morgan fingerprint density at radius 2 is 1.83 bits per heavy atom. The van der Waals surface area contributed by atoms with Crippen molar-refractivity contribution in [3.8, 4) is 5.75 Å². The summed E-state index contributed by atoms with van der Waals surface area (Å²) in [6, 6.07) is 10.8. The van der Waals surface area contributed by atoms with Crippen molar-refractivity contribution in [1.82, 2.24) is 0 Å². The molecule has 0 spiro atoms. The van der Waals surface area contributed by atoms with Gasteiger partial charge in [0.2, 0.25) is 0 Å². The summed E-state index contributed by atoms with van der Waals surface area (Å²) in [6.45, 7) is 3.00. The molecule has 1 atom stereocenters. The van der Waals surface area contributed by atoms with Crippen LogP contribution >= 0.6 is 11.6 Å². The smallest absolute Gasteiger partial charge is 0.265 e. The van der Waals surface area contributed by atoms with Gasteiger partial charge in [0.15, 0.2) is 17.7 Å². The quantitative estimate of drug-likeness (QED) is 0.837. The first-order chi connectivity index (χ1) is 10.9. The van der Waals surface area contributed by atoms with E-state index < -0.39 is 17.8 Å². The van der Waals surface area contributed by atoms with Gasteiger partial charge in [0.05, 0.1) is 10.7 Å². The number of carbonyl (C=O) groups is 2. The first kappa shape index (κ1) is 17.0. The maximum absolute atomic E-state index is 13.8. The third-order valence-corrected chi connectivity index (χ3v) is 3.44. The average Bonchev–Trinajstić information content (AvgIpc) is 2.52. The highest BCUT2D eigenvalue weighted by molar-refractivity contribution is 6.31. The minimum absolute atomic E-state index is 0.00937. The SMILES string of the molecule is CC(=O)c1ccc(OC(C)C(=O)Nc2cccc(Cl)c2F)cc1. The van der Waals surface area contributed by atoms with Crippen molar-refractivity contribution in [2.75, 3.05) is 5.32 Å². The van der Waals surface area contributed by atoms with E-state index in [0.29, 0.717) is 11.3 Å². The van der Waals surface area contributed by atoms with Crippen LogP contribution in [0.2, 0.25) is 5.02 Å². The molecule has 0 fully saturated rings. The van der Waals surface area contributed by atoms with Crippen molar-refractivity contribution in [1.29, 1.82) is 0 Å². The van der Waals surface area contributed by atoms with E-state index in [4.69, 9.17) is 16.3 Å². The monoisotopic (exact) mass is 335 g/mol. The number of ketones is 1. The standard InChI is InChI=1S/C17H15ClFNO3/c1-10(21)12-6-8-13(9-7-12)23-11(2)17(22)20-15-5-3-4-14(18)16(15)19/h3-9,11H,1-2H3,(H,20,22). The van der Waals surface area contributed by atoms with Crippen LogP contribution in [0.4, 0.5) is 10.1 Å². The molecule has 23 heavy (non-hydrogen) atoms. The van der Waals surface area contributed by atoms with Gasteiger partial charge < -0.3 is 10.1 Å². The minimum Gasteiger partial charge on any atom is -0.481 e. The zero-order chi connectivity index (χ0) is 17.0. The maximum Gasteiger partial charge on any atom is 0.265 e. The molecule has 2 aromatic carbocycles. The summed E-state index contributed by atoms with van der Waals surface area (Å²) >= 11 is 5.66. The molecule has 1 N–H and O–H groups in total. The lowest BCUT2D eigenvalue weighted by molar-refractivity contribution is -0.122. The normalized spacial score (nSPS) is 11.7. The number of rotatable bonds is 5. The van der Waals surface area contributed by atoms with Gasteiger partial charge in [0, 0.05) is 5.56 Å². The number of benzene rings is 2. The van der Waals surface area contributed by atoms with Crippen LogP contribution in [-0.2, 0) is 4.79 Å². The van der Waals surface area contributed by atoms with Crippen LogP contribution in [0.5, 0.6) is 5.75 Å². The molecule has 2 aromatic rings. The fraction of sp³-hybridized carbons (Fsp3) is 0.176. The summed E-state index contributed by atoms with van der Waals surface area (Å²) in [5, 5.41) is 2.35. The molecular formula is C17H15ClFNO3. The van der Waals surface area contributed by atoms with Crippen molar-refractivity contribution in [2.45, 2.75) is 20.0 Å². The van der Waals surface area contributed by atoms with Gasteiger partial charge in [-0.1, -0.05) is 17.7 Å². The van der Waals surface area contributed by atoms with E-state index in [-0.39, 0.29) is 16.5 Å². The van der Waals surface area contributed by atoms with Crippen LogP contribution in [0.1, 0.15) is 24.2 Å². The summed E-state index contributed by atoms with van der Waals surface area (Å²) in [4.78, 5) is 23.3. The van der Waals surface area contributed by atoms with E-state index in [1.165, 1.54) is 32.0 Å². The van der Waals surface area contributed by atoms with E-state index in [9.17, 15) is 14.0 Å². The third kappa shape index (κ3) is 4.29. The number of ether oxygens (including phenoxy) is 1. The van der Waals surface area contributed by atoms with E-state index in [1.54, 1.807) is 24.3 Å². The van der Waals surface area contributed by atoms with Crippen molar-refractivity contribution >= 4 is 29.0 Å². The molecule has 2 rings (SSSR count). The van der Waals surface area contributed by atoms with Gasteiger partial charge in [-0.15, -0.1) is 0 Å². The lowest BCUT2D eigenvalue weighted by Crippen LogP contribution is -2.30. The van der Waals surface area contributed by atoms with Gasteiger partial charge >= 0.3 is 0 Å². The van der Waals surface area contributed by atoms with E-state index >= 15 is 0 Å². The van der Waals surface area contributed by atoms with Gasteiger partial charge in [-0.3, -0.25) is 9.59 Å². The Bertz CT molecular complexity index is 731. The number of carbonyl (C=O) groups excluding carboxylic acids is 2. The Morgan fingerprint density at radius 3 is 2.43 bits per heavy atom. The van der Waals surface area contributed by atoms with Crippen molar-refractivity contribution in [3.05, 3.63) is 58.9 Å². The Morgan fingerprint density at radius 1 is 1.17 bits per heavy atom. The molecule has 1 amide bonds. The summed E-state index contributed by atoms with van der Waals surface area (Å²) < 4.78 is 19.2. The maximum atomic E-state index is 13.8. The summed E-state index contributed by atoms with van der Waals surface area (Å²) in [5.41, 5.74) is 0.542. The second-order valence-corrected chi connectivity index (χ2v) is 5.34. The minimum atomic E-state index is -0.850. The molecule has 4 nitrogen and oxygen atoms in total. The Kier molecular flexibility index (Phi) is 5.34. The summed E-state index contributed by atoms with van der Waals surface area (Å²) in [6.07, 6.45) is -0.850. The number of anilines is 1. The molecule has 120 valence electrons. The zero-order valence-corrected chi connectivity index (χ0v) is 13.4. The Hall–Kier alpha value is -2.40. The molecule has 0 aliphatic carbocycles. The lowest BCUT2D eigenvalue weighted by Gasteiger charge is -2.15. The molecule has 0 aliphatic heterocycles. The first-order valence-electron chi connectivity index (χ1n) is 6.91. The number of hydrogen-bond acceptors (Lipinski definition) is 3. The number of nitrogens with one attached hydrogen (secondary N) is 1. The predicted molar refractivity (Wildman–Crippen MR) is 86.6 cm³/mol. The number of halogens is 2. The molecule has 0 bridgehead atoms. The highest BCUT2D eigenvalue weighted by atomic mass is 35.5. The fourth-order valence-electron chi connectivity index (χ4n) is 1.86. The largest absolute Gasteiger partial charge is 0.481 e. The lowest BCUT2D eigenvalue weighted by atomic mass is 10.1. The molecule has 0 heterocycles. The number of amides is 1. The van der Waals surface area contributed by atoms with Gasteiger partial charge in [-0.25, -0.2) is 4.39 Å². The van der Waals surface area contributed by atoms with Crippen LogP contribution in [-0.4, -0.2) is 17.8 Å². The van der Waals surface area contributed by atoms with Crippen molar-refractivity contribution < 1.29 is 18.7 Å². The second kappa shape index (κ2) is 7.24. The van der Waals surface area contributed by atoms with E-state index in [0.717, 1.165) is 0 Å². The van der Waals surface area contributed by atoms with Crippen LogP contribution in [0, 0.1) is 5.82 Å². The van der Waals surface area contributed by atoms with Gasteiger partial charge in [0.25, 0.3) is 5.91 Å². The van der Waals surface area contributed by atoms with Crippen LogP contribution in [0.15, 0.2) is 42.5 Å². The highest BCUT2D eigenvalue weighted by Gasteiger charge is 2.17. The van der Waals surface area contributed by atoms with Gasteiger partial charge in [-0.2, -0.15) is 0 Å². The summed E-state index contributed by atoms with van der Waals surface area (Å²) in [7, 11) is 0. The topological polar surface area (TPSA) is 55.4 Å². The highest BCUT2D eigenvalue weighted by Crippen LogP contribution is 2.22.